The minimum Gasteiger partial charge on any atom is -0.356 e. The standard InChI is InChI=1S/C19H30N4O.H2/c1-7-13(2)20-18(24)16-14(3)21-15(4)22-17(16)23-11-8-9-19(5,6)10-12-23;/h7H,8-12H2,1-6H3,(H,20,24);1H/b13-7+;. The summed E-state index contributed by atoms with van der Waals surface area (Å²) in [6, 6.07) is 0. The Morgan fingerprint density at radius 3 is 2.62 bits per heavy atom. The van der Waals surface area contributed by atoms with Gasteiger partial charge in [-0.2, -0.15) is 0 Å². The molecular formula is C19H32N4O. The number of nitrogens with one attached hydrogen (secondary N) is 1. The summed E-state index contributed by atoms with van der Waals surface area (Å²) in [7, 11) is 0. The molecule has 1 N–H and O–H groups in total. The van der Waals surface area contributed by atoms with Crippen LogP contribution < -0.4 is 10.2 Å². The first-order valence-electron chi connectivity index (χ1n) is 8.78. The molecule has 0 spiro atoms. The van der Waals surface area contributed by atoms with Gasteiger partial charge in [0.1, 0.15) is 17.2 Å². The summed E-state index contributed by atoms with van der Waals surface area (Å²) in [4.78, 5) is 24.1. The van der Waals surface area contributed by atoms with Crippen LogP contribution in [0.15, 0.2) is 11.8 Å². The van der Waals surface area contributed by atoms with Crippen LogP contribution in [0.3, 0.4) is 0 Å². The number of carbonyl (C=O) groups excluding carboxylic acids is 1. The molecule has 1 saturated heterocycles. The van der Waals surface area contributed by atoms with Crippen molar-refractivity contribution in [2.45, 2.75) is 60.8 Å². The molecule has 5 nitrogen and oxygen atoms in total. The highest BCUT2D eigenvalue weighted by atomic mass is 16.1. The van der Waals surface area contributed by atoms with E-state index in [1.165, 1.54) is 6.42 Å². The van der Waals surface area contributed by atoms with E-state index >= 15 is 0 Å². The minimum absolute atomic E-state index is 0. The number of hydrogen-bond donors (Lipinski definition) is 1. The van der Waals surface area contributed by atoms with Crippen molar-refractivity contribution in [1.82, 2.24) is 15.3 Å². The van der Waals surface area contributed by atoms with E-state index in [4.69, 9.17) is 0 Å². The lowest BCUT2D eigenvalue weighted by atomic mass is 9.85. The highest BCUT2D eigenvalue weighted by Crippen LogP contribution is 2.32. The first-order chi connectivity index (χ1) is 11.2. The van der Waals surface area contributed by atoms with E-state index in [1.54, 1.807) is 0 Å². The van der Waals surface area contributed by atoms with E-state index < -0.39 is 0 Å². The number of amides is 1. The average Bonchev–Trinajstić information content (AvgIpc) is 2.66. The predicted octanol–water partition coefficient (Wildman–Crippen LogP) is 4.01. The van der Waals surface area contributed by atoms with Crippen LogP contribution in [0, 0.1) is 19.3 Å². The van der Waals surface area contributed by atoms with Crippen molar-refractivity contribution >= 4 is 11.7 Å². The Morgan fingerprint density at radius 1 is 1.25 bits per heavy atom. The van der Waals surface area contributed by atoms with Crippen LogP contribution in [0.25, 0.3) is 0 Å². The van der Waals surface area contributed by atoms with Gasteiger partial charge < -0.3 is 10.2 Å². The van der Waals surface area contributed by atoms with Crippen molar-refractivity contribution in [3.63, 3.8) is 0 Å². The topological polar surface area (TPSA) is 58.1 Å². The van der Waals surface area contributed by atoms with Crippen LogP contribution in [0.2, 0.25) is 0 Å². The second-order valence-corrected chi connectivity index (χ2v) is 7.49. The summed E-state index contributed by atoms with van der Waals surface area (Å²) in [5.74, 6) is 1.37. The maximum absolute atomic E-state index is 12.8. The Morgan fingerprint density at radius 2 is 1.96 bits per heavy atom. The zero-order valence-corrected chi connectivity index (χ0v) is 15.9. The maximum Gasteiger partial charge on any atom is 0.261 e. The Hall–Kier alpha value is -1.91. The van der Waals surface area contributed by atoms with Gasteiger partial charge in [0.05, 0.1) is 5.69 Å². The maximum atomic E-state index is 12.8. The van der Waals surface area contributed by atoms with E-state index in [9.17, 15) is 4.79 Å². The Labute approximate surface area is 147 Å². The Balaban J connectivity index is 0.00000312. The first kappa shape index (κ1) is 18.4. The largest absolute Gasteiger partial charge is 0.356 e. The molecule has 0 aromatic carbocycles. The molecule has 2 rings (SSSR count). The number of carbonyl (C=O) groups is 1. The van der Waals surface area contributed by atoms with Gasteiger partial charge in [0.25, 0.3) is 5.91 Å². The van der Waals surface area contributed by atoms with Gasteiger partial charge in [-0.1, -0.05) is 19.9 Å². The average molecular weight is 332 g/mol. The minimum atomic E-state index is -0.124. The number of nitrogens with zero attached hydrogens (tertiary/aromatic N) is 3. The van der Waals surface area contributed by atoms with Crippen molar-refractivity contribution in [3.8, 4) is 0 Å². The summed E-state index contributed by atoms with van der Waals surface area (Å²) < 4.78 is 0. The van der Waals surface area contributed by atoms with Gasteiger partial charge in [-0.05, 0) is 52.4 Å². The molecule has 0 unspecified atom stereocenters. The van der Waals surface area contributed by atoms with Gasteiger partial charge in [-0.15, -0.1) is 0 Å². The third kappa shape index (κ3) is 4.34. The van der Waals surface area contributed by atoms with E-state index in [0.717, 1.165) is 43.1 Å². The fraction of sp³-hybridized carbons (Fsp3) is 0.632. The molecule has 0 bridgehead atoms. The van der Waals surface area contributed by atoms with Crippen LogP contribution in [0.1, 0.15) is 70.3 Å². The SMILES string of the molecule is C/C=C(\C)NC(=O)c1c(C)nc(C)nc1N1CCCC(C)(C)CC1.[HH]. The molecule has 5 heteroatoms. The zero-order chi connectivity index (χ0) is 17.9. The number of aromatic nitrogens is 2. The molecule has 0 saturated carbocycles. The van der Waals surface area contributed by atoms with Crippen molar-refractivity contribution < 1.29 is 6.22 Å². The lowest BCUT2D eigenvalue weighted by Gasteiger charge is -2.26. The third-order valence-electron chi connectivity index (χ3n) is 4.79. The molecule has 0 aliphatic carbocycles. The van der Waals surface area contributed by atoms with Crippen molar-refractivity contribution in [1.29, 1.82) is 0 Å². The highest BCUT2D eigenvalue weighted by Gasteiger charge is 2.27. The fourth-order valence-electron chi connectivity index (χ4n) is 3.14. The van der Waals surface area contributed by atoms with E-state index in [0.29, 0.717) is 16.8 Å². The number of anilines is 1. The molecule has 1 amide bonds. The van der Waals surface area contributed by atoms with E-state index in [-0.39, 0.29) is 7.33 Å². The summed E-state index contributed by atoms with van der Waals surface area (Å²) >= 11 is 0. The highest BCUT2D eigenvalue weighted by molar-refractivity contribution is 6.00. The van der Waals surface area contributed by atoms with Crippen LogP contribution in [0.4, 0.5) is 5.82 Å². The van der Waals surface area contributed by atoms with Gasteiger partial charge in [-0.25, -0.2) is 9.97 Å². The molecule has 1 aromatic rings. The number of hydrogen-bond acceptors (Lipinski definition) is 4. The van der Waals surface area contributed by atoms with Gasteiger partial charge in [0.15, 0.2) is 0 Å². The van der Waals surface area contributed by atoms with Gasteiger partial charge in [-0.3, -0.25) is 4.79 Å². The summed E-state index contributed by atoms with van der Waals surface area (Å²) in [6.45, 7) is 14.1. The lowest BCUT2D eigenvalue weighted by molar-refractivity contribution is 0.0965. The molecule has 1 aliphatic heterocycles. The molecule has 24 heavy (non-hydrogen) atoms. The third-order valence-corrected chi connectivity index (χ3v) is 4.79. The summed E-state index contributed by atoms with van der Waals surface area (Å²) in [6.07, 6.45) is 5.30. The Bertz CT molecular complexity index is 655. The van der Waals surface area contributed by atoms with Crippen molar-refractivity contribution in [2.75, 3.05) is 18.0 Å². The number of aryl methyl sites for hydroxylation is 2. The molecule has 0 radical (unpaired) electrons. The van der Waals surface area contributed by atoms with E-state index in [2.05, 4.69) is 34.0 Å². The van der Waals surface area contributed by atoms with Crippen molar-refractivity contribution in [2.24, 2.45) is 5.41 Å². The van der Waals surface area contributed by atoms with E-state index in [1.807, 2.05) is 33.8 Å². The van der Waals surface area contributed by atoms with Crippen LogP contribution >= 0.6 is 0 Å². The summed E-state index contributed by atoms with van der Waals surface area (Å²) in [5, 5.41) is 2.93. The predicted molar refractivity (Wildman–Crippen MR) is 100 cm³/mol. The smallest absolute Gasteiger partial charge is 0.261 e. The second kappa shape index (κ2) is 7.32. The molecule has 1 aromatic heterocycles. The number of rotatable bonds is 3. The van der Waals surface area contributed by atoms with Crippen LogP contribution in [-0.2, 0) is 0 Å². The molecule has 1 aliphatic rings. The normalized spacial score (nSPS) is 18.2. The Kier molecular flexibility index (Phi) is 5.62. The quantitative estimate of drug-likeness (QED) is 0.908. The van der Waals surface area contributed by atoms with Crippen LogP contribution in [0.5, 0.6) is 0 Å². The van der Waals surface area contributed by atoms with Crippen molar-refractivity contribution in [3.05, 3.63) is 28.9 Å². The fourth-order valence-corrected chi connectivity index (χ4v) is 3.14. The van der Waals surface area contributed by atoms with Gasteiger partial charge in [0.2, 0.25) is 0 Å². The molecule has 134 valence electrons. The molecule has 1 fully saturated rings. The second-order valence-electron chi connectivity index (χ2n) is 7.49. The van der Waals surface area contributed by atoms with Gasteiger partial charge in [0, 0.05) is 20.2 Å². The monoisotopic (exact) mass is 332 g/mol. The molecular weight excluding hydrogens is 300 g/mol. The zero-order valence-electron chi connectivity index (χ0n) is 15.9. The molecule has 0 atom stereocenters. The van der Waals surface area contributed by atoms with Crippen LogP contribution in [-0.4, -0.2) is 29.0 Å². The molecule has 2 heterocycles. The first-order valence-corrected chi connectivity index (χ1v) is 8.78. The number of allylic oxidation sites excluding steroid dienone is 2. The summed E-state index contributed by atoms with van der Waals surface area (Å²) in [5.41, 5.74) is 2.52. The lowest BCUT2D eigenvalue weighted by Crippen LogP contribution is -2.32. The van der Waals surface area contributed by atoms with Gasteiger partial charge >= 0.3 is 0 Å².